The number of ether oxygens (including phenoxy) is 1. The molecule has 5 rings (SSSR count). The van der Waals surface area contributed by atoms with E-state index in [2.05, 4.69) is 62.1 Å². The number of urea groups is 1. The summed E-state index contributed by atoms with van der Waals surface area (Å²) in [7, 11) is 0. The van der Waals surface area contributed by atoms with Gasteiger partial charge in [-0.2, -0.15) is 0 Å². The van der Waals surface area contributed by atoms with Crippen LogP contribution in [0.4, 0.5) is 4.79 Å². The van der Waals surface area contributed by atoms with Crippen molar-refractivity contribution in [2.24, 2.45) is 27.9 Å². The lowest BCUT2D eigenvalue weighted by Crippen LogP contribution is -2.61. The average molecular weight is 1140 g/mol. The van der Waals surface area contributed by atoms with Crippen molar-refractivity contribution in [1.82, 2.24) is 57.1 Å². The first-order valence-corrected chi connectivity index (χ1v) is 27.3. The Bertz CT molecular complexity index is 2780. The fourth-order valence-electron chi connectivity index (χ4n) is 9.19. The third-order valence-electron chi connectivity index (χ3n) is 13.6. The van der Waals surface area contributed by atoms with Crippen LogP contribution in [0.2, 0.25) is 0 Å². The molecule has 0 spiro atoms. The second-order valence-corrected chi connectivity index (χ2v) is 20.0. The quantitative estimate of drug-likeness (QED) is 0.0144. The Labute approximate surface area is 473 Å². The van der Waals surface area contributed by atoms with Crippen LogP contribution in [-0.4, -0.2) is 171 Å². The molecule has 4 aromatic rings. The number of carboxylic acids is 2. The third kappa shape index (κ3) is 21.4. The van der Waals surface area contributed by atoms with E-state index in [0.29, 0.717) is 68.8 Å². The average Bonchev–Trinajstić information content (AvgIpc) is 4.19. The zero-order valence-corrected chi connectivity index (χ0v) is 46.0. The minimum Gasteiger partial charge on any atom is -0.481 e. The number of amides is 8. The number of nitrogens with one attached hydrogen (secondary N) is 9. The summed E-state index contributed by atoms with van der Waals surface area (Å²) in [4.78, 5) is 139. The third-order valence-corrected chi connectivity index (χ3v) is 13.6. The number of hydrogen-bond acceptors (Lipinski definition) is 14. The molecule has 2 aromatic heterocycles. The number of aromatic amines is 2. The topological polar surface area (TPSA) is 452 Å². The highest BCUT2D eigenvalue weighted by Crippen LogP contribution is 2.20. The Morgan fingerprint density at radius 1 is 0.646 bits per heavy atom. The number of rotatable bonds is 35. The number of unbranched alkanes of at least 4 members (excludes halogenated alkanes) is 2. The van der Waals surface area contributed by atoms with Gasteiger partial charge in [0.05, 0.1) is 26.0 Å². The van der Waals surface area contributed by atoms with Crippen LogP contribution >= 0.6 is 0 Å². The summed E-state index contributed by atoms with van der Waals surface area (Å²) >= 11 is 0. The molecule has 0 saturated carbocycles. The lowest BCUT2D eigenvalue weighted by Gasteiger charge is -2.28. The lowest BCUT2D eigenvalue weighted by atomic mass is 10.0. The predicted octanol–water partition coefficient (Wildman–Crippen LogP) is -1.37. The Balaban J connectivity index is 1.49. The van der Waals surface area contributed by atoms with Gasteiger partial charge in [-0.1, -0.05) is 62.2 Å². The fraction of sp³-hybridized carbons (Fsp3) is 0.500. The van der Waals surface area contributed by atoms with E-state index in [9.17, 15) is 53.4 Å². The number of fused-ring (bicyclic) bond motifs is 1. The first-order valence-electron chi connectivity index (χ1n) is 27.3. The number of aliphatic carboxylic acids is 2. The van der Waals surface area contributed by atoms with Crippen LogP contribution < -0.4 is 60.2 Å². The van der Waals surface area contributed by atoms with Crippen molar-refractivity contribution in [1.29, 1.82) is 0 Å². The molecule has 0 bridgehead atoms. The second kappa shape index (κ2) is 33.2. The second-order valence-electron chi connectivity index (χ2n) is 20.0. The number of imidazole rings is 1. The van der Waals surface area contributed by atoms with Gasteiger partial charge in [-0.25, -0.2) is 14.6 Å². The molecule has 1 aliphatic heterocycles. The Hall–Kier alpha value is -8.63. The lowest BCUT2D eigenvalue weighted by molar-refractivity contribution is -0.142. The largest absolute Gasteiger partial charge is 0.481 e. The SMILES string of the molecule is CCCC[C@H](NC(N)=O)C(=O)N[C@@H](CC(=O)O)C(=O)N[C@@H](Cc1cnc[nH]1)C(=O)N[C@H](Cc1ccc(CN2CCOCC2)cc1)C(=O)N[C@@H](CCCN=C(N)N)C(=O)N[C@@H](Cc1c[nH]c2ccccc12)C(=O)N[C@@H](CCCCN)C(=O)O. The van der Waals surface area contributed by atoms with Crippen molar-refractivity contribution in [2.45, 2.75) is 133 Å². The van der Waals surface area contributed by atoms with Crippen molar-refractivity contribution in [3.8, 4) is 0 Å². The van der Waals surface area contributed by atoms with Gasteiger partial charge in [0, 0.05) is 74.4 Å². The highest BCUT2D eigenvalue weighted by atomic mass is 16.5. The molecule has 446 valence electrons. The molecular weight excluding hydrogens is 1060 g/mol. The number of primary amides is 1. The molecule has 1 aliphatic rings. The molecule has 1 fully saturated rings. The van der Waals surface area contributed by atoms with Gasteiger partial charge in [-0.15, -0.1) is 0 Å². The molecule has 3 heterocycles. The van der Waals surface area contributed by atoms with Crippen molar-refractivity contribution in [3.05, 3.63) is 89.6 Å². The van der Waals surface area contributed by atoms with Crippen LogP contribution in [0.25, 0.3) is 10.9 Å². The maximum absolute atomic E-state index is 15.0. The first-order chi connectivity index (χ1) is 39.3. The number of carbonyl (C=O) groups is 9. The molecular formula is C54H78N16O12. The number of morpholine rings is 1. The van der Waals surface area contributed by atoms with Gasteiger partial charge in [-0.05, 0) is 67.8 Å². The van der Waals surface area contributed by atoms with Gasteiger partial charge >= 0.3 is 18.0 Å². The van der Waals surface area contributed by atoms with Gasteiger partial charge in [0.2, 0.25) is 35.4 Å². The van der Waals surface area contributed by atoms with E-state index >= 15 is 0 Å². The number of para-hydroxylation sites is 1. The maximum atomic E-state index is 15.0. The molecule has 8 amide bonds. The van der Waals surface area contributed by atoms with E-state index in [1.165, 1.54) is 12.5 Å². The van der Waals surface area contributed by atoms with Gasteiger partial charge in [0.1, 0.15) is 42.3 Å². The Morgan fingerprint density at radius 3 is 1.79 bits per heavy atom. The van der Waals surface area contributed by atoms with Crippen molar-refractivity contribution >= 4 is 70.3 Å². The molecule has 0 aliphatic carbocycles. The van der Waals surface area contributed by atoms with E-state index in [4.69, 9.17) is 27.7 Å². The molecule has 19 N–H and O–H groups in total. The van der Waals surface area contributed by atoms with Crippen molar-refractivity contribution in [2.75, 3.05) is 39.4 Å². The fourth-order valence-corrected chi connectivity index (χ4v) is 9.19. The zero-order valence-electron chi connectivity index (χ0n) is 46.0. The normalized spacial score (nSPS) is 15.0. The molecule has 2 aromatic carbocycles. The molecule has 0 radical (unpaired) electrons. The molecule has 28 heteroatoms. The smallest absolute Gasteiger partial charge is 0.326 e. The highest BCUT2D eigenvalue weighted by molar-refractivity contribution is 5.98. The van der Waals surface area contributed by atoms with Gasteiger partial charge in [0.15, 0.2) is 5.96 Å². The summed E-state index contributed by atoms with van der Waals surface area (Å²) in [6.45, 7) is 5.42. The van der Waals surface area contributed by atoms with E-state index in [0.717, 1.165) is 29.6 Å². The molecule has 82 heavy (non-hydrogen) atoms. The standard InChI is InChI=1S/C54H78N16O12/c1-2-3-10-39(69-54(58)81)47(74)68-44(27-45(71)72)51(78)67-43(26-35-29-59-31-62-35)50(77)65-41(24-32-14-16-33(17-15-32)30-70-20-22-82-23-21-70)48(75)63-38(13-8-19-60-53(56)57)46(73)66-42(25-34-28-61-37-11-5-4-9-36(34)37)49(76)64-40(52(79)80)12-6-7-18-55/h4-5,9,11,14-17,28-29,31,38-44,61H,2-3,6-8,10,12-13,18-27,30,55H2,1H3,(H,59,62)(H,63,75)(H,64,76)(H,65,77)(H,66,73)(H,67,78)(H,68,74)(H,71,72)(H,79,80)(H4,56,57,60)(H3,58,69,81)/t38-,39-,40-,41+,42-,43-,44-/m0/s1. The van der Waals surface area contributed by atoms with Crippen molar-refractivity contribution in [3.63, 3.8) is 0 Å². The summed E-state index contributed by atoms with van der Waals surface area (Å²) in [6, 6.07) is 3.28. The van der Waals surface area contributed by atoms with E-state index < -0.39 is 102 Å². The van der Waals surface area contributed by atoms with Crippen LogP contribution in [0, 0.1) is 0 Å². The molecule has 7 atom stereocenters. The summed E-state index contributed by atoms with van der Waals surface area (Å²) in [6.07, 6.45) is 4.99. The number of carbonyl (C=O) groups excluding carboxylic acids is 7. The van der Waals surface area contributed by atoms with Crippen LogP contribution in [0.1, 0.15) is 87.1 Å². The van der Waals surface area contributed by atoms with E-state index in [1.807, 2.05) is 37.3 Å². The minimum atomic E-state index is -1.78. The number of aliphatic imine (C=N–C) groups is 1. The van der Waals surface area contributed by atoms with Crippen LogP contribution in [0.5, 0.6) is 0 Å². The number of hydrogen-bond donors (Lipinski definition) is 15. The Kier molecular flexibility index (Phi) is 26.0. The van der Waals surface area contributed by atoms with Crippen LogP contribution in [-0.2, 0) is 68.9 Å². The predicted molar refractivity (Wildman–Crippen MR) is 301 cm³/mol. The van der Waals surface area contributed by atoms with E-state index in [1.54, 1.807) is 24.4 Å². The minimum absolute atomic E-state index is 0.0145. The summed E-state index contributed by atoms with van der Waals surface area (Å²) in [5.41, 5.74) is 25.4. The number of nitrogens with two attached hydrogens (primary N) is 4. The molecule has 1 saturated heterocycles. The number of aromatic nitrogens is 3. The molecule has 28 nitrogen and oxygen atoms in total. The number of benzene rings is 2. The summed E-state index contributed by atoms with van der Waals surface area (Å²) < 4.78 is 5.49. The monoisotopic (exact) mass is 1140 g/mol. The summed E-state index contributed by atoms with van der Waals surface area (Å²) in [5, 5.41) is 38.7. The maximum Gasteiger partial charge on any atom is 0.326 e. The number of guanidine groups is 1. The van der Waals surface area contributed by atoms with E-state index in [-0.39, 0.29) is 57.5 Å². The van der Waals surface area contributed by atoms with Gasteiger partial charge in [-0.3, -0.25) is 43.5 Å². The van der Waals surface area contributed by atoms with Crippen molar-refractivity contribution < 1.29 is 58.1 Å². The van der Waals surface area contributed by atoms with Crippen LogP contribution in [0.15, 0.2) is 72.2 Å². The Morgan fingerprint density at radius 2 is 1.20 bits per heavy atom. The van der Waals surface area contributed by atoms with Gasteiger partial charge < -0.3 is 85.1 Å². The number of H-pyrrole nitrogens is 2. The van der Waals surface area contributed by atoms with Gasteiger partial charge in [0.25, 0.3) is 0 Å². The number of carboxylic acid groups (broad SMARTS) is 2. The van der Waals surface area contributed by atoms with Crippen LogP contribution in [0.3, 0.4) is 0 Å². The molecule has 0 unspecified atom stereocenters. The zero-order chi connectivity index (χ0) is 59.6. The number of nitrogens with zero attached hydrogens (tertiary/aromatic N) is 3. The first kappa shape index (κ1) is 64.2. The summed E-state index contributed by atoms with van der Waals surface area (Å²) in [5.74, 6) is -8.54. The highest BCUT2D eigenvalue weighted by Gasteiger charge is 2.35.